The maximum atomic E-state index is 5.45. The van der Waals surface area contributed by atoms with Crippen LogP contribution in [0.25, 0.3) is 0 Å². The van der Waals surface area contributed by atoms with Gasteiger partial charge in [-0.3, -0.25) is 4.90 Å². The molecule has 1 aliphatic rings. The van der Waals surface area contributed by atoms with Gasteiger partial charge in [-0.25, -0.2) is 0 Å². The van der Waals surface area contributed by atoms with Crippen molar-refractivity contribution in [2.75, 3.05) is 20.7 Å². The molecule has 1 fully saturated rings. The SMILES string of the molecule is COC1CC(C(C)(C)C)CCN1C. The summed E-state index contributed by atoms with van der Waals surface area (Å²) in [5.74, 6) is 0.800. The minimum Gasteiger partial charge on any atom is -0.366 e. The average Bonchev–Trinajstić information content (AvgIpc) is 2.03. The number of ether oxygens (including phenoxy) is 1. The topological polar surface area (TPSA) is 12.5 Å². The van der Waals surface area contributed by atoms with Crippen molar-refractivity contribution in [1.82, 2.24) is 4.90 Å². The lowest BCUT2D eigenvalue weighted by atomic mass is 9.75. The van der Waals surface area contributed by atoms with Crippen molar-refractivity contribution >= 4 is 0 Å². The Balaban J connectivity index is 2.55. The third-order valence-corrected chi connectivity index (χ3v) is 3.30. The first-order valence-corrected chi connectivity index (χ1v) is 5.18. The molecule has 2 heteroatoms. The number of piperidine rings is 1. The van der Waals surface area contributed by atoms with E-state index < -0.39 is 0 Å². The highest BCUT2D eigenvalue weighted by Crippen LogP contribution is 2.36. The van der Waals surface area contributed by atoms with Crippen LogP contribution in [0.5, 0.6) is 0 Å². The van der Waals surface area contributed by atoms with Gasteiger partial charge >= 0.3 is 0 Å². The number of rotatable bonds is 1. The Kier molecular flexibility index (Phi) is 3.36. The Bertz CT molecular complexity index is 162. The van der Waals surface area contributed by atoms with Crippen molar-refractivity contribution in [1.29, 1.82) is 0 Å². The van der Waals surface area contributed by atoms with Gasteiger partial charge in [0.05, 0.1) is 0 Å². The number of hydrogen-bond acceptors (Lipinski definition) is 2. The van der Waals surface area contributed by atoms with E-state index in [-0.39, 0.29) is 0 Å². The second-order valence-corrected chi connectivity index (χ2v) is 5.26. The second kappa shape index (κ2) is 3.97. The molecule has 1 saturated heterocycles. The van der Waals surface area contributed by atoms with E-state index in [9.17, 15) is 0 Å². The molecule has 1 rings (SSSR count). The zero-order chi connectivity index (χ0) is 10.1. The van der Waals surface area contributed by atoms with Crippen molar-refractivity contribution in [2.45, 2.75) is 39.8 Å². The summed E-state index contributed by atoms with van der Waals surface area (Å²) in [4.78, 5) is 2.31. The summed E-state index contributed by atoms with van der Waals surface area (Å²) in [6, 6.07) is 0. The molecule has 2 unspecified atom stereocenters. The monoisotopic (exact) mass is 185 g/mol. The molecule has 0 aliphatic carbocycles. The van der Waals surface area contributed by atoms with Crippen LogP contribution in [0.2, 0.25) is 0 Å². The summed E-state index contributed by atoms with van der Waals surface area (Å²) in [6.07, 6.45) is 2.81. The average molecular weight is 185 g/mol. The lowest BCUT2D eigenvalue weighted by Crippen LogP contribution is -2.43. The van der Waals surface area contributed by atoms with Gasteiger partial charge in [-0.1, -0.05) is 20.8 Å². The van der Waals surface area contributed by atoms with E-state index in [1.807, 2.05) is 7.11 Å². The van der Waals surface area contributed by atoms with E-state index in [2.05, 4.69) is 32.7 Å². The van der Waals surface area contributed by atoms with Crippen LogP contribution in [-0.2, 0) is 4.74 Å². The highest BCUT2D eigenvalue weighted by Gasteiger charge is 2.32. The molecule has 2 nitrogen and oxygen atoms in total. The van der Waals surface area contributed by atoms with Crippen molar-refractivity contribution < 1.29 is 4.74 Å². The normalized spacial score (nSPS) is 32.1. The maximum absolute atomic E-state index is 5.45. The summed E-state index contributed by atoms with van der Waals surface area (Å²) >= 11 is 0. The zero-order valence-electron chi connectivity index (χ0n) is 9.63. The molecule has 1 aliphatic heterocycles. The van der Waals surface area contributed by atoms with E-state index in [0.717, 1.165) is 5.92 Å². The summed E-state index contributed by atoms with van der Waals surface area (Å²) in [6.45, 7) is 8.15. The maximum Gasteiger partial charge on any atom is 0.110 e. The second-order valence-electron chi connectivity index (χ2n) is 5.26. The predicted molar refractivity (Wildman–Crippen MR) is 55.6 cm³/mol. The first kappa shape index (κ1) is 11.0. The number of methoxy groups -OCH3 is 1. The Morgan fingerprint density at radius 1 is 1.31 bits per heavy atom. The summed E-state index contributed by atoms with van der Waals surface area (Å²) in [5, 5.41) is 0. The fourth-order valence-electron chi connectivity index (χ4n) is 2.11. The van der Waals surface area contributed by atoms with Gasteiger partial charge in [0.1, 0.15) is 6.23 Å². The Morgan fingerprint density at radius 3 is 2.38 bits per heavy atom. The van der Waals surface area contributed by atoms with Crippen LogP contribution in [0.1, 0.15) is 33.6 Å². The van der Waals surface area contributed by atoms with E-state index in [1.165, 1.54) is 19.4 Å². The molecule has 0 aromatic carbocycles. The van der Waals surface area contributed by atoms with E-state index >= 15 is 0 Å². The van der Waals surface area contributed by atoms with Gasteiger partial charge in [-0.15, -0.1) is 0 Å². The van der Waals surface area contributed by atoms with Gasteiger partial charge in [0.15, 0.2) is 0 Å². The lowest BCUT2D eigenvalue weighted by molar-refractivity contribution is -0.0733. The molecule has 0 bridgehead atoms. The van der Waals surface area contributed by atoms with Crippen LogP contribution in [0.4, 0.5) is 0 Å². The molecule has 13 heavy (non-hydrogen) atoms. The smallest absolute Gasteiger partial charge is 0.110 e. The molecule has 0 radical (unpaired) electrons. The van der Waals surface area contributed by atoms with Crippen LogP contribution in [0.15, 0.2) is 0 Å². The van der Waals surface area contributed by atoms with Gasteiger partial charge in [-0.05, 0) is 31.2 Å². The van der Waals surface area contributed by atoms with Crippen molar-refractivity contribution in [2.24, 2.45) is 11.3 Å². The number of hydrogen-bond donors (Lipinski definition) is 0. The molecular weight excluding hydrogens is 162 g/mol. The molecule has 0 N–H and O–H groups in total. The van der Waals surface area contributed by atoms with Crippen molar-refractivity contribution in [3.8, 4) is 0 Å². The van der Waals surface area contributed by atoms with Crippen LogP contribution in [0, 0.1) is 11.3 Å². The number of nitrogens with zero attached hydrogens (tertiary/aromatic N) is 1. The standard InChI is InChI=1S/C11H23NO/c1-11(2,3)9-6-7-12(4)10(8-9)13-5/h9-10H,6-8H2,1-5H3. The number of likely N-dealkylation sites (tertiary alicyclic amines) is 1. The Morgan fingerprint density at radius 2 is 1.92 bits per heavy atom. The molecular formula is C11H23NO. The molecule has 78 valence electrons. The van der Waals surface area contributed by atoms with Gasteiger partial charge in [-0.2, -0.15) is 0 Å². The van der Waals surface area contributed by atoms with Crippen LogP contribution in [0.3, 0.4) is 0 Å². The largest absolute Gasteiger partial charge is 0.366 e. The van der Waals surface area contributed by atoms with E-state index in [1.54, 1.807) is 0 Å². The fraction of sp³-hybridized carbons (Fsp3) is 1.00. The Hall–Kier alpha value is -0.0800. The third kappa shape index (κ3) is 2.68. The third-order valence-electron chi connectivity index (χ3n) is 3.30. The first-order valence-electron chi connectivity index (χ1n) is 5.18. The highest BCUT2D eigenvalue weighted by atomic mass is 16.5. The summed E-state index contributed by atoms with van der Waals surface area (Å²) in [5.41, 5.74) is 0.429. The molecule has 0 aromatic rings. The highest BCUT2D eigenvalue weighted by molar-refractivity contribution is 4.81. The molecule has 1 heterocycles. The predicted octanol–water partition coefficient (Wildman–Crippen LogP) is 2.35. The van der Waals surface area contributed by atoms with E-state index in [4.69, 9.17) is 4.74 Å². The zero-order valence-corrected chi connectivity index (χ0v) is 9.63. The van der Waals surface area contributed by atoms with Crippen LogP contribution in [-0.4, -0.2) is 31.8 Å². The summed E-state index contributed by atoms with van der Waals surface area (Å²) < 4.78 is 5.45. The van der Waals surface area contributed by atoms with Gasteiger partial charge in [0.25, 0.3) is 0 Å². The van der Waals surface area contributed by atoms with E-state index in [0.29, 0.717) is 11.6 Å². The van der Waals surface area contributed by atoms with Gasteiger partial charge < -0.3 is 4.74 Å². The minimum atomic E-state index is 0.331. The molecule has 0 spiro atoms. The Labute approximate surface area is 82.3 Å². The first-order chi connectivity index (χ1) is 5.95. The molecule has 0 aromatic heterocycles. The minimum absolute atomic E-state index is 0.331. The van der Waals surface area contributed by atoms with Crippen molar-refractivity contribution in [3.05, 3.63) is 0 Å². The van der Waals surface area contributed by atoms with Crippen LogP contribution >= 0.6 is 0 Å². The molecule has 0 amide bonds. The molecule has 0 saturated carbocycles. The molecule has 2 atom stereocenters. The lowest BCUT2D eigenvalue weighted by Gasteiger charge is -2.41. The quantitative estimate of drug-likeness (QED) is 0.622. The van der Waals surface area contributed by atoms with Crippen LogP contribution < -0.4 is 0 Å². The fourth-order valence-corrected chi connectivity index (χ4v) is 2.11. The van der Waals surface area contributed by atoms with Crippen molar-refractivity contribution in [3.63, 3.8) is 0 Å². The van der Waals surface area contributed by atoms with Gasteiger partial charge in [0.2, 0.25) is 0 Å². The summed E-state index contributed by atoms with van der Waals surface area (Å²) in [7, 11) is 3.96. The van der Waals surface area contributed by atoms with Gasteiger partial charge in [0, 0.05) is 13.7 Å².